The molecule has 1 aliphatic carbocycles. The number of hydrogen-bond acceptors (Lipinski definition) is 4. The lowest BCUT2D eigenvalue weighted by atomic mass is 10.3. The Labute approximate surface area is 97.1 Å². The zero-order chi connectivity index (χ0) is 11.5. The summed E-state index contributed by atoms with van der Waals surface area (Å²) in [6, 6.07) is 2.79. The van der Waals surface area contributed by atoms with Crippen LogP contribution in [0.5, 0.6) is 0 Å². The summed E-state index contributed by atoms with van der Waals surface area (Å²) in [4.78, 5) is 11.1. The highest BCUT2D eigenvalue weighted by atomic mass is 15.1. The van der Waals surface area contributed by atoms with Gasteiger partial charge in [-0.2, -0.15) is 0 Å². The van der Waals surface area contributed by atoms with Gasteiger partial charge >= 0.3 is 0 Å². The fourth-order valence-corrected chi connectivity index (χ4v) is 1.68. The average Bonchev–Trinajstić information content (AvgIpc) is 2.95. The predicted octanol–water partition coefficient (Wildman–Crippen LogP) is 1.10. The minimum Gasteiger partial charge on any atom is -0.308 e. The molecule has 0 atom stereocenters. The Morgan fingerprint density at radius 3 is 2.75 bits per heavy atom. The largest absolute Gasteiger partial charge is 0.308 e. The third kappa shape index (κ3) is 3.54. The van der Waals surface area contributed by atoms with E-state index in [-0.39, 0.29) is 0 Å². The molecule has 4 nitrogen and oxygen atoms in total. The molecule has 0 saturated heterocycles. The Kier molecular flexibility index (Phi) is 3.51. The van der Waals surface area contributed by atoms with E-state index in [1.54, 1.807) is 0 Å². The molecule has 1 saturated carbocycles. The molecular weight excluding hydrogens is 200 g/mol. The first-order valence-electron chi connectivity index (χ1n) is 5.85. The molecule has 1 aromatic rings. The highest BCUT2D eigenvalue weighted by Gasteiger charge is 2.20. The van der Waals surface area contributed by atoms with Crippen LogP contribution in [0.25, 0.3) is 0 Å². The first-order valence-corrected chi connectivity index (χ1v) is 5.85. The second-order valence-corrected chi connectivity index (χ2v) is 4.81. The Balaban J connectivity index is 2.01. The summed E-state index contributed by atoms with van der Waals surface area (Å²) in [5, 5.41) is 3.48. The second kappa shape index (κ2) is 4.89. The zero-order valence-electron chi connectivity index (χ0n) is 10.3. The van der Waals surface area contributed by atoms with Crippen molar-refractivity contribution in [2.24, 2.45) is 0 Å². The van der Waals surface area contributed by atoms with Crippen LogP contribution < -0.4 is 5.32 Å². The Hall–Kier alpha value is -1.00. The molecule has 1 aromatic heterocycles. The number of aromatic nitrogens is 2. The number of nitrogens with zero attached hydrogens (tertiary/aromatic N) is 3. The molecule has 88 valence electrons. The van der Waals surface area contributed by atoms with Gasteiger partial charge in [0, 0.05) is 18.3 Å². The van der Waals surface area contributed by atoms with Crippen LogP contribution in [0.1, 0.15) is 30.1 Å². The van der Waals surface area contributed by atoms with Crippen molar-refractivity contribution in [3.63, 3.8) is 0 Å². The molecule has 0 bridgehead atoms. The minimum absolute atomic E-state index is 0.729. The minimum atomic E-state index is 0.729. The Bertz CT molecular complexity index is 358. The van der Waals surface area contributed by atoms with E-state index in [1.807, 2.05) is 21.0 Å². The van der Waals surface area contributed by atoms with E-state index >= 15 is 0 Å². The van der Waals surface area contributed by atoms with Gasteiger partial charge in [-0.3, -0.25) is 0 Å². The van der Waals surface area contributed by atoms with Crippen molar-refractivity contribution in [1.82, 2.24) is 20.2 Å². The van der Waals surface area contributed by atoms with Gasteiger partial charge < -0.3 is 10.2 Å². The van der Waals surface area contributed by atoms with Crippen molar-refractivity contribution in [1.29, 1.82) is 0 Å². The molecule has 1 heterocycles. The van der Waals surface area contributed by atoms with E-state index in [2.05, 4.69) is 26.3 Å². The van der Waals surface area contributed by atoms with Crippen molar-refractivity contribution in [3.8, 4) is 0 Å². The fraction of sp³-hybridized carbons (Fsp3) is 0.667. The molecule has 16 heavy (non-hydrogen) atoms. The molecule has 0 radical (unpaired) electrons. The van der Waals surface area contributed by atoms with E-state index < -0.39 is 0 Å². The van der Waals surface area contributed by atoms with Gasteiger partial charge in [-0.15, -0.1) is 0 Å². The lowest BCUT2D eigenvalue weighted by Crippen LogP contribution is -2.19. The van der Waals surface area contributed by atoms with E-state index in [9.17, 15) is 0 Å². The highest BCUT2D eigenvalue weighted by Crippen LogP contribution is 2.19. The van der Waals surface area contributed by atoms with Crippen molar-refractivity contribution in [3.05, 3.63) is 23.3 Å². The SMILES string of the molecule is Cc1cc(CNC2CC2)nc(CN(C)C)n1. The van der Waals surface area contributed by atoms with Gasteiger partial charge in [0.25, 0.3) is 0 Å². The standard InChI is InChI=1S/C12H20N4/c1-9-6-11(7-13-10-4-5-10)15-12(14-9)8-16(2)3/h6,10,13H,4-5,7-8H2,1-3H3. The van der Waals surface area contributed by atoms with Crippen LogP contribution in [0.2, 0.25) is 0 Å². The van der Waals surface area contributed by atoms with Crippen molar-refractivity contribution in [2.75, 3.05) is 14.1 Å². The van der Waals surface area contributed by atoms with Gasteiger partial charge in [-0.1, -0.05) is 0 Å². The highest BCUT2D eigenvalue weighted by molar-refractivity contribution is 5.10. The summed E-state index contributed by atoms with van der Waals surface area (Å²) in [7, 11) is 4.07. The normalized spacial score (nSPS) is 15.8. The molecule has 0 unspecified atom stereocenters. The van der Waals surface area contributed by atoms with Crippen LogP contribution in [0.15, 0.2) is 6.07 Å². The van der Waals surface area contributed by atoms with Crippen LogP contribution in [0, 0.1) is 6.92 Å². The Morgan fingerprint density at radius 2 is 2.12 bits per heavy atom. The maximum atomic E-state index is 4.56. The molecule has 0 amide bonds. The smallest absolute Gasteiger partial charge is 0.142 e. The van der Waals surface area contributed by atoms with Crippen LogP contribution >= 0.6 is 0 Å². The van der Waals surface area contributed by atoms with E-state index in [0.29, 0.717) is 0 Å². The molecule has 0 spiro atoms. The maximum absolute atomic E-state index is 4.56. The van der Waals surface area contributed by atoms with Crippen LogP contribution in [0.4, 0.5) is 0 Å². The van der Waals surface area contributed by atoms with Gasteiger partial charge in [-0.05, 0) is 39.9 Å². The number of aryl methyl sites for hydroxylation is 1. The van der Waals surface area contributed by atoms with Gasteiger partial charge in [0.05, 0.1) is 12.2 Å². The van der Waals surface area contributed by atoms with Crippen LogP contribution in [-0.2, 0) is 13.1 Å². The topological polar surface area (TPSA) is 41.1 Å². The van der Waals surface area contributed by atoms with E-state index in [1.165, 1.54) is 12.8 Å². The lowest BCUT2D eigenvalue weighted by Gasteiger charge is -2.10. The summed E-state index contributed by atoms with van der Waals surface area (Å²) >= 11 is 0. The molecule has 0 aliphatic heterocycles. The fourth-order valence-electron chi connectivity index (χ4n) is 1.68. The first kappa shape index (κ1) is 11.5. The molecule has 0 aromatic carbocycles. The molecule has 2 rings (SSSR count). The second-order valence-electron chi connectivity index (χ2n) is 4.81. The maximum Gasteiger partial charge on any atom is 0.142 e. The first-order chi connectivity index (χ1) is 7.63. The van der Waals surface area contributed by atoms with Gasteiger partial charge in [0.2, 0.25) is 0 Å². The van der Waals surface area contributed by atoms with Crippen LogP contribution in [0.3, 0.4) is 0 Å². The molecular formula is C12H20N4. The Morgan fingerprint density at radius 1 is 1.38 bits per heavy atom. The summed E-state index contributed by atoms with van der Waals surface area (Å²) < 4.78 is 0. The molecule has 1 N–H and O–H groups in total. The van der Waals surface area contributed by atoms with Crippen molar-refractivity contribution >= 4 is 0 Å². The summed E-state index contributed by atoms with van der Waals surface area (Å²) in [6.45, 7) is 3.70. The summed E-state index contributed by atoms with van der Waals surface area (Å²) in [5.41, 5.74) is 2.16. The molecule has 1 fully saturated rings. The summed E-state index contributed by atoms with van der Waals surface area (Å²) in [5.74, 6) is 0.914. The third-order valence-corrected chi connectivity index (χ3v) is 2.56. The van der Waals surface area contributed by atoms with Crippen LogP contribution in [-0.4, -0.2) is 35.0 Å². The summed E-state index contributed by atoms with van der Waals surface area (Å²) in [6.07, 6.45) is 2.63. The predicted molar refractivity (Wildman–Crippen MR) is 64.0 cm³/mol. The number of hydrogen-bond donors (Lipinski definition) is 1. The molecule has 1 aliphatic rings. The van der Waals surface area contributed by atoms with Crippen molar-refractivity contribution < 1.29 is 0 Å². The quantitative estimate of drug-likeness (QED) is 0.806. The number of rotatable bonds is 5. The molecule has 4 heteroatoms. The third-order valence-electron chi connectivity index (χ3n) is 2.56. The van der Waals surface area contributed by atoms with Gasteiger partial charge in [0.1, 0.15) is 5.82 Å². The van der Waals surface area contributed by atoms with Gasteiger partial charge in [-0.25, -0.2) is 9.97 Å². The monoisotopic (exact) mass is 220 g/mol. The van der Waals surface area contributed by atoms with E-state index in [4.69, 9.17) is 0 Å². The lowest BCUT2D eigenvalue weighted by molar-refractivity contribution is 0.389. The number of nitrogens with one attached hydrogen (secondary N) is 1. The average molecular weight is 220 g/mol. The zero-order valence-corrected chi connectivity index (χ0v) is 10.3. The van der Waals surface area contributed by atoms with Gasteiger partial charge in [0.15, 0.2) is 0 Å². The van der Waals surface area contributed by atoms with E-state index in [0.717, 1.165) is 36.3 Å². The van der Waals surface area contributed by atoms with Crippen molar-refractivity contribution in [2.45, 2.75) is 38.9 Å².